The Morgan fingerprint density at radius 3 is 2.33 bits per heavy atom. The molecular weight excluding hydrogens is 126 g/mol. The molecule has 0 amide bonds. The van der Waals surface area contributed by atoms with Crippen LogP contribution in [0.1, 0.15) is 19.8 Å². The minimum atomic E-state index is -2.30. The van der Waals surface area contributed by atoms with Gasteiger partial charge < -0.3 is 4.74 Å². The number of ether oxygens (including phenoxy) is 1. The van der Waals surface area contributed by atoms with Crippen LogP contribution < -0.4 is 0 Å². The molecule has 1 aliphatic heterocycles. The molecule has 0 spiro atoms. The van der Waals surface area contributed by atoms with E-state index in [1.165, 1.54) is 0 Å². The average Bonchev–Trinajstić information content (AvgIpc) is 2.14. The summed E-state index contributed by atoms with van der Waals surface area (Å²) in [5, 5.41) is 0. The molecule has 1 heterocycles. The fourth-order valence-electron chi connectivity index (χ4n) is 1.02. The van der Waals surface area contributed by atoms with Gasteiger partial charge in [-0.25, -0.2) is 8.78 Å². The van der Waals surface area contributed by atoms with Gasteiger partial charge in [0.25, 0.3) is 6.43 Å². The van der Waals surface area contributed by atoms with E-state index in [4.69, 9.17) is 4.74 Å². The molecule has 0 aromatic rings. The predicted molar refractivity (Wildman–Crippen MR) is 29.6 cm³/mol. The van der Waals surface area contributed by atoms with E-state index in [-0.39, 0.29) is 6.10 Å². The van der Waals surface area contributed by atoms with E-state index < -0.39 is 12.5 Å². The molecule has 2 atom stereocenters. The van der Waals surface area contributed by atoms with Gasteiger partial charge in [-0.05, 0) is 19.8 Å². The lowest BCUT2D eigenvalue weighted by Gasteiger charge is -2.07. The van der Waals surface area contributed by atoms with E-state index in [9.17, 15) is 8.78 Å². The number of halogens is 2. The van der Waals surface area contributed by atoms with Crippen LogP contribution in [0.4, 0.5) is 8.78 Å². The Morgan fingerprint density at radius 1 is 1.44 bits per heavy atom. The van der Waals surface area contributed by atoms with Gasteiger partial charge in [-0.15, -0.1) is 0 Å². The Morgan fingerprint density at radius 2 is 2.11 bits per heavy atom. The Hall–Kier alpha value is -0.180. The van der Waals surface area contributed by atoms with E-state index in [0.717, 1.165) is 6.42 Å². The summed E-state index contributed by atoms with van der Waals surface area (Å²) in [5.41, 5.74) is 0. The van der Waals surface area contributed by atoms with E-state index in [2.05, 4.69) is 0 Å². The zero-order valence-electron chi connectivity index (χ0n) is 5.31. The second-order valence-electron chi connectivity index (χ2n) is 2.40. The molecule has 0 N–H and O–H groups in total. The lowest BCUT2D eigenvalue weighted by molar-refractivity contribution is -0.0459. The summed E-state index contributed by atoms with van der Waals surface area (Å²) < 4.78 is 28.4. The maximum atomic E-state index is 11.8. The summed E-state index contributed by atoms with van der Waals surface area (Å²) in [6, 6.07) is 0. The van der Waals surface area contributed by atoms with Gasteiger partial charge in [0.15, 0.2) is 0 Å². The van der Waals surface area contributed by atoms with Crippen LogP contribution in [0.25, 0.3) is 0 Å². The Balaban J connectivity index is 2.30. The SMILES string of the molecule is CC1CC[C@H](C(F)F)O1. The molecular formula is C6H10F2O. The molecule has 0 radical (unpaired) electrons. The van der Waals surface area contributed by atoms with Gasteiger partial charge in [-0.3, -0.25) is 0 Å². The summed E-state index contributed by atoms with van der Waals surface area (Å²) in [6.07, 6.45) is -1.77. The fraction of sp³-hybridized carbons (Fsp3) is 1.00. The lowest BCUT2D eigenvalue weighted by Crippen LogP contribution is -2.17. The largest absolute Gasteiger partial charge is 0.369 e. The molecule has 1 nitrogen and oxygen atoms in total. The van der Waals surface area contributed by atoms with E-state index in [1.54, 1.807) is 0 Å². The highest BCUT2D eigenvalue weighted by molar-refractivity contribution is 4.71. The molecule has 0 aromatic heterocycles. The summed E-state index contributed by atoms with van der Waals surface area (Å²) in [6.45, 7) is 1.82. The van der Waals surface area contributed by atoms with Crippen LogP contribution in [0.15, 0.2) is 0 Å². The van der Waals surface area contributed by atoms with Gasteiger partial charge in [-0.2, -0.15) is 0 Å². The number of rotatable bonds is 1. The van der Waals surface area contributed by atoms with Crippen molar-refractivity contribution in [2.24, 2.45) is 0 Å². The number of hydrogen-bond acceptors (Lipinski definition) is 1. The zero-order valence-corrected chi connectivity index (χ0v) is 5.31. The average molecular weight is 136 g/mol. The van der Waals surface area contributed by atoms with Crippen LogP contribution >= 0.6 is 0 Å². The third-order valence-corrected chi connectivity index (χ3v) is 1.55. The van der Waals surface area contributed by atoms with Crippen molar-refractivity contribution in [1.82, 2.24) is 0 Å². The highest BCUT2D eigenvalue weighted by Gasteiger charge is 2.28. The molecule has 9 heavy (non-hydrogen) atoms. The minimum absolute atomic E-state index is 0.0315. The topological polar surface area (TPSA) is 9.23 Å². The Kier molecular flexibility index (Phi) is 2.01. The van der Waals surface area contributed by atoms with E-state index in [1.807, 2.05) is 6.92 Å². The van der Waals surface area contributed by atoms with E-state index >= 15 is 0 Å². The maximum Gasteiger partial charge on any atom is 0.264 e. The van der Waals surface area contributed by atoms with Crippen LogP contribution in [0.2, 0.25) is 0 Å². The first-order valence-corrected chi connectivity index (χ1v) is 3.14. The predicted octanol–water partition coefficient (Wildman–Crippen LogP) is 1.82. The molecule has 1 saturated heterocycles. The Bertz CT molecular complexity index is 95.1. The molecule has 3 heteroatoms. The molecule has 1 fully saturated rings. The highest BCUT2D eigenvalue weighted by atomic mass is 19.3. The quantitative estimate of drug-likeness (QED) is 0.534. The smallest absolute Gasteiger partial charge is 0.264 e. The molecule has 0 aliphatic carbocycles. The van der Waals surface area contributed by atoms with Gasteiger partial charge in [0.1, 0.15) is 6.10 Å². The number of hydrogen-bond donors (Lipinski definition) is 0. The van der Waals surface area contributed by atoms with Gasteiger partial charge in [-0.1, -0.05) is 0 Å². The van der Waals surface area contributed by atoms with Crippen LogP contribution in [-0.2, 0) is 4.74 Å². The van der Waals surface area contributed by atoms with Gasteiger partial charge in [0.2, 0.25) is 0 Å². The number of alkyl halides is 2. The summed E-state index contributed by atoms with van der Waals surface area (Å²) in [4.78, 5) is 0. The van der Waals surface area contributed by atoms with Crippen molar-refractivity contribution in [2.45, 2.75) is 38.4 Å². The highest BCUT2D eigenvalue weighted by Crippen LogP contribution is 2.23. The summed E-state index contributed by atoms with van der Waals surface area (Å²) >= 11 is 0. The van der Waals surface area contributed by atoms with Gasteiger partial charge in [0, 0.05) is 0 Å². The first-order valence-electron chi connectivity index (χ1n) is 3.14. The van der Waals surface area contributed by atoms with Crippen molar-refractivity contribution >= 4 is 0 Å². The van der Waals surface area contributed by atoms with Crippen molar-refractivity contribution in [1.29, 1.82) is 0 Å². The first kappa shape index (κ1) is 6.93. The van der Waals surface area contributed by atoms with Crippen LogP contribution in [0.3, 0.4) is 0 Å². The van der Waals surface area contributed by atoms with E-state index in [0.29, 0.717) is 6.42 Å². The van der Waals surface area contributed by atoms with Crippen LogP contribution in [-0.4, -0.2) is 18.6 Å². The van der Waals surface area contributed by atoms with Crippen molar-refractivity contribution in [2.75, 3.05) is 0 Å². The molecule has 0 aromatic carbocycles. The second-order valence-corrected chi connectivity index (χ2v) is 2.40. The van der Waals surface area contributed by atoms with Gasteiger partial charge >= 0.3 is 0 Å². The molecule has 0 bridgehead atoms. The first-order chi connectivity index (χ1) is 4.20. The maximum absolute atomic E-state index is 11.8. The fourth-order valence-corrected chi connectivity index (χ4v) is 1.02. The monoisotopic (exact) mass is 136 g/mol. The van der Waals surface area contributed by atoms with Gasteiger partial charge in [0.05, 0.1) is 6.10 Å². The van der Waals surface area contributed by atoms with Crippen molar-refractivity contribution in [3.63, 3.8) is 0 Å². The normalized spacial score (nSPS) is 36.0. The standard InChI is InChI=1S/C6H10F2O/c1-4-2-3-5(9-4)6(7)8/h4-6H,2-3H2,1H3/t4?,5-/m1/s1. The minimum Gasteiger partial charge on any atom is -0.369 e. The van der Waals surface area contributed by atoms with Crippen LogP contribution in [0, 0.1) is 0 Å². The molecule has 1 rings (SSSR count). The van der Waals surface area contributed by atoms with Crippen molar-refractivity contribution in [3.8, 4) is 0 Å². The third kappa shape index (κ3) is 1.61. The van der Waals surface area contributed by atoms with Crippen molar-refractivity contribution in [3.05, 3.63) is 0 Å². The molecule has 54 valence electrons. The summed E-state index contributed by atoms with van der Waals surface area (Å²) in [7, 11) is 0. The van der Waals surface area contributed by atoms with Crippen molar-refractivity contribution < 1.29 is 13.5 Å². The molecule has 1 aliphatic rings. The lowest BCUT2D eigenvalue weighted by atomic mass is 10.2. The van der Waals surface area contributed by atoms with Crippen LogP contribution in [0.5, 0.6) is 0 Å². The second kappa shape index (κ2) is 2.60. The third-order valence-electron chi connectivity index (χ3n) is 1.55. The summed E-state index contributed by atoms with van der Waals surface area (Å²) in [5.74, 6) is 0. The molecule has 0 saturated carbocycles. The Labute approximate surface area is 53.0 Å². The molecule has 1 unspecified atom stereocenters. The zero-order chi connectivity index (χ0) is 6.85.